The van der Waals surface area contributed by atoms with Crippen molar-refractivity contribution in [2.45, 2.75) is 0 Å². The first-order valence-electron chi connectivity index (χ1n) is 4.82. The van der Waals surface area contributed by atoms with E-state index in [1.807, 2.05) is 0 Å². The molecular formula is C11H13ClO5. The lowest BCUT2D eigenvalue weighted by atomic mass is 10.2. The van der Waals surface area contributed by atoms with Gasteiger partial charge in [-0.3, -0.25) is 0 Å². The third-order valence-electron chi connectivity index (χ3n) is 2.03. The van der Waals surface area contributed by atoms with Gasteiger partial charge in [0.05, 0.1) is 24.3 Å². The highest BCUT2D eigenvalue weighted by Crippen LogP contribution is 2.33. The second-order valence-corrected chi connectivity index (χ2v) is 3.54. The zero-order chi connectivity index (χ0) is 12.8. The molecule has 1 aromatic carbocycles. The van der Waals surface area contributed by atoms with Crippen LogP contribution in [0.4, 0.5) is 0 Å². The van der Waals surface area contributed by atoms with E-state index in [1.54, 1.807) is 7.11 Å². The second-order valence-electron chi connectivity index (χ2n) is 3.13. The fourth-order valence-electron chi connectivity index (χ4n) is 1.21. The summed E-state index contributed by atoms with van der Waals surface area (Å²) in [6, 6.07) is 2.74. The number of hydrogen-bond donors (Lipinski definition) is 1. The van der Waals surface area contributed by atoms with Gasteiger partial charge in [-0.1, -0.05) is 11.6 Å². The van der Waals surface area contributed by atoms with Crippen LogP contribution in [-0.2, 0) is 4.74 Å². The standard InChI is InChI=1S/C11H13ClO5/c1-15-3-4-17-10-6-8(12)7(11(13)14)5-9(10)16-2/h5-6H,3-4H2,1-2H3,(H,13,14). The molecule has 6 heteroatoms. The Bertz CT molecular complexity index is 405. The van der Waals surface area contributed by atoms with Crippen LogP contribution in [0.5, 0.6) is 11.5 Å². The van der Waals surface area contributed by atoms with E-state index < -0.39 is 5.97 Å². The van der Waals surface area contributed by atoms with Crippen LogP contribution in [0.15, 0.2) is 12.1 Å². The SMILES string of the molecule is COCCOc1cc(Cl)c(C(=O)O)cc1OC. The Labute approximate surface area is 104 Å². The van der Waals surface area contributed by atoms with Crippen molar-refractivity contribution in [1.29, 1.82) is 0 Å². The van der Waals surface area contributed by atoms with Crippen molar-refractivity contribution in [2.24, 2.45) is 0 Å². The first-order valence-corrected chi connectivity index (χ1v) is 5.20. The normalized spacial score (nSPS) is 10.1. The quantitative estimate of drug-likeness (QED) is 0.793. The molecular weight excluding hydrogens is 248 g/mol. The highest BCUT2D eigenvalue weighted by Gasteiger charge is 2.15. The molecule has 0 unspecified atom stereocenters. The Morgan fingerprint density at radius 3 is 2.53 bits per heavy atom. The van der Waals surface area contributed by atoms with Crippen LogP contribution in [0.3, 0.4) is 0 Å². The molecule has 0 atom stereocenters. The average Bonchev–Trinajstić information content (AvgIpc) is 2.29. The summed E-state index contributed by atoms with van der Waals surface area (Å²) in [6.07, 6.45) is 0. The molecule has 0 amide bonds. The summed E-state index contributed by atoms with van der Waals surface area (Å²) in [4.78, 5) is 10.9. The van der Waals surface area contributed by atoms with Crippen LogP contribution in [0.2, 0.25) is 5.02 Å². The Morgan fingerprint density at radius 2 is 2.00 bits per heavy atom. The van der Waals surface area contributed by atoms with Crippen LogP contribution >= 0.6 is 11.6 Å². The summed E-state index contributed by atoms with van der Waals surface area (Å²) in [5.74, 6) is -0.404. The molecule has 0 aliphatic heterocycles. The van der Waals surface area contributed by atoms with Gasteiger partial charge in [-0.25, -0.2) is 4.79 Å². The van der Waals surface area contributed by atoms with E-state index in [1.165, 1.54) is 19.2 Å². The predicted molar refractivity (Wildman–Crippen MR) is 62.3 cm³/mol. The summed E-state index contributed by atoms with van der Waals surface area (Å²) >= 11 is 5.82. The number of benzene rings is 1. The lowest BCUT2D eigenvalue weighted by Gasteiger charge is -2.12. The molecule has 0 fully saturated rings. The lowest BCUT2D eigenvalue weighted by Crippen LogP contribution is -2.06. The summed E-state index contributed by atoms with van der Waals surface area (Å²) in [7, 11) is 2.99. The van der Waals surface area contributed by atoms with Crippen molar-refractivity contribution in [1.82, 2.24) is 0 Å². The summed E-state index contributed by atoms with van der Waals surface area (Å²) < 4.78 is 15.2. The summed E-state index contributed by atoms with van der Waals surface area (Å²) in [5, 5.41) is 8.99. The third kappa shape index (κ3) is 3.51. The Balaban J connectivity index is 2.97. The number of halogens is 1. The van der Waals surface area contributed by atoms with Gasteiger partial charge in [0, 0.05) is 13.2 Å². The van der Waals surface area contributed by atoms with E-state index in [4.69, 9.17) is 30.9 Å². The molecule has 94 valence electrons. The molecule has 0 saturated carbocycles. The number of carbonyl (C=O) groups is 1. The zero-order valence-corrected chi connectivity index (χ0v) is 10.3. The number of aromatic carboxylic acids is 1. The number of rotatable bonds is 6. The molecule has 0 aromatic heterocycles. The minimum absolute atomic E-state index is 0.0254. The van der Waals surface area contributed by atoms with Crippen LogP contribution in [0.25, 0.3) is 0 Å². The fraction of sp³-hybridized carbons (Fsp3) is 0.364. The zero-order valence-electron chi connectivity index (χ0n) is 9.53. The first-order chi connectivity index (χ1) is 8.10. The van der Waals surface area contributed by atoms with E-state index in [0.717, 1.165) is 0 Å². The van der Waals surface area contributed by atoms with Crippen LogP contribution in [0.1, 0.15) is 10.4 Å². The number of ether oxygens (including phenoxy) is 3. The molecule has 0 aliphatic carbocycles. The van der Waals surface area contributed by atoms with Crippen molar-refractivity contribution in [3.05, 3.63) is 22.7 Å². The van der Waals surface area contributed by atoms with Gasteiger partial charge < -0.3 is 19.3 Å². The number of methoxy groups -OCH3 is 2. The van der Waals surface area contributed by atoms with E-state index in [2.05, 4.69) is 0 Å². The monoisotopic (exact) mass is 260 g/mol. The van der Waals surface area contributed by atoms with E-state index in [-0.39, 0.29) is 10.6 Å². The molecule has 1 aromatic rings. The van der Waals surface area contributed by atoms with Crippen molar-refractivity contribution < 1.29 is 24.1 Å². The number of carboxylic acids is 1. The maximum absolute atomic E-state index is 10.9. The Morgan fingerprint density at radius 1 is 1.29 bits per heavy atom. The first kappa shape index (κ1) is 13.6. The Hall–Kier alpha value is -1.46. The third-order valence-corrected chi connectivity index (χ3v) is 2.34. The molecule has 0 heterocycles. The second kappa shape index (κ2) is 6.32. The summed E-state index contributed by atoms with van der Waals surface area (Å²) in [6.45, 7) is 0.747. The molecule has 0 saturated heterocycles. The van der Waals surface area contributed by atoms with E-state index >= 15 is 0 Å². The number of hydrogen-bond acceptors (Lipinski definition) is 4. The van der Waals surface area contributed by atoms with Gasteiger partial charge in [0.25, 0.3) is 0 Å². The molecule has 0 spiro atoms. The van der Waals surface area contributed by atoms with E-state index in [0.29, 0.717) is 24.7 Å². The molecule has 17 heavy (non-hydrogen) atoms. The van der Waals surface area contributed by atoms with Crippen molar-refractivity contribution in [3.63, 3.8) is 0 Å². The van der Waals surface area contributed by atoms with Crippen molar-refractivity contribution >= 4 is 17.6 Å². The van der Waals surface area contributed by atoms with E-state index in [9.17, 15) is 4.79 Å². The predicted octanol–water partition coefficient (Wildman–Crippen LogP) is 2.07. The van der Waals surface area contributed by atoms with Gasteiger partial charge >= 0.3 is 5.97 Å². The van der Waals surface area contributed by atoms with Gasteiger partial charge in [0.15, 0.2) is 11.5 Å². The fourth-order valence-corrected chi connectivity index (χ4v) is 1.44. The minimum atomic E-state index is -1.11. The van der Waals surface area contributed by atoms with Gasteiger partial charge in [-0.2, -0.15) is 0 Å². The smallest absolute Gasteiger partial charge is 0.337 e. The van der Waals surface area contributed by atoms with Gasteiger partial charge in [-0.15, -0.1) is 0 Å². The average molecular weight is 261 g/mol. The van der Waals surface area contributed by atoms with Crippen LogP contribution < -0.4 is 9.47 Å². The minimum Gasteiger partial charge on any atom is -0.493 e. The van der Waals surface area contributed by atoms with Crippen molar-refractivity contribution in [2.75, 3.05) is 27.4 Å². The topological polar surface area (TPSA) is 65.0 Å². The van der Waals surface area contributed by atoms with Crippen LogP contribution in [0, 0.1) is 0 Å². The number of carboxylic acid groups (broad SMARTS) is 1. The summed E-state index contributed by atoms with van der Waals surface area (Å²) in [5.41, 5.74) is -0.0254. The molecule has 1 rings (SSSR count). The maximum atomic E-state index is 10.9. The molecule has 1 N–H and O–H groups in total. The highest BCUT2D eigenvalue weighted by atomic mass is 35.5. The Kier molecular flexibility index (Phi) is 5.06. The van der Waals surface area contributed by atoms with Crippen LogP contribution in [-0.4, -0.2) is 38.5 Å². The largest absolute Gasteiger partial charge is 0.493 e. The molecule has 0 radical (unpaired) electrons. The maximum Gasteiger partial charge on any atom is 0.337 e. The van der Waals surface area contributed by atoms with Gasteiger partial charge in [0.2, 0.25) is 0 Å². The lowest BCUT2D eigenvalue weighted by molar-refractivity contribution is 0.0696. The molecule has 5 nitrogen and oxygen atoms in total. The van der Waals surface area contributed by atoms with Gasteiger partial charge in [0.1, 0.15) is 6.61 Å². The molecule has 0 aliphatic rings. The van der Waals surface area contributed by atoms with Crippen molar-refractivity contribution in [3.8, 4) is 11.5 Å². The van der Waals surface area contributed by atoms with Gasteiger partial charge in [-0.05, 0) is 6.07 Å². The molecule has 0 bridgehead atoms. The highest BCUT2D eigenvalue weighted by molar-refractivity contribution is 6.33.